The second-order valence-electron chi connectivity index (χ2n) is 6.96. The summed E-state index contributed by atoms with van der Waals surface area (Å²) in [5.41, 5.74) is 1.20. The van der Waals surface area contributed by atoms with Crippen LogP contribution in [-0.4, -0.2) is 46.6 Å². The molecular weight excluding hydrogens is 346 g/mol. The standard InChI is InChI=1S/C19H29N5OS/c1-6-16(23(4)5)18-21-22-19(26-13-17(25)20-14(2)3)24(18)12-15-10-8-7-9-11-15/h7-11,14,16H,6,12-13H2,1-5H3,(H,20,25)/p+1/t16-/m0/s1. The van der Waals surface area contributed by atoms with Gasteiger partial charge in [0.05, 0.1) is 26.4 Å². The molecule has 0 saturated heterocycles. The van der Waals surface area contributed by atoms with Crippen molar-refractivity contribution >= 4 is 17.7 Å². The van der Waals surface area contributed by atoms with E-state index in [0.717, 1.165) is 17.4 Å². The van der Waals surface area contributed by atoms with E-state index in [4.69, 9.17) is 0 Å². The number of carbonyl (C=O) groups excluding carboxylic acids is 1. The molecule has 1 amide bonds. The Bertz CT molecular complexity index is 699. The lowest BCUT2D eigenvalue weighted by atomic mass is 10.2. The molecule has 26 heavy (non-hydrogen) atoms. The summed E-state index contributed by atoms with van der Waals surface area (Å²) in [5, 5.41) is 12.6. The maximum atomic E-state index is 12.0. The Hall–Kier alpha value is -1.86. The smallest absolute Gasteiger partial charge is 0.230 e. The molecule has 2 rings (SSSR count). The van der Waals surface area contributed by atoms with Crippen LogP contribution in [0.15, 0.2) is 35.5 Å². The highest BCUT2D eigenvalue weighted by atomic mass is 32.2. The fraction of sp³-hybridized carbons (Fsp3) is 0.526. The second-order valence-corrected chi connectivity index (χ2v) is 7.90. The number of benzene rings is 1. The highest BCUT2D eigenvalue weighted by Crippen LogP contribution is 2.22. The first-order valence-electron chi connectivity index (χ1n) is 9.11. The van der Waals surface area contributed by atoms with Gasteiger partial charge in [0.25, 0.3) is 0 Å². The van der Waals surface area contributed by atoms with Crippen LogP contribution in [0.4, 0.5) is 0 Å². The number of quaternary nitrogens is 1. The average Bonchev–Trinajstić information content (AvgIpc) is 2.96. The Balaban J connectivity index is 2.26. The molecule has 6 nitrogen and oxygen atoms in total. The van der Waals surface area contributed by atoms with Gasteiger partial charge in [-0.3, -0.25) is 9.36 Å². The predicted molar refractivity (Wildman–Crippen MR) is 105 cm³/mol. The number of amides is 1. The van der Waals surface area contributed by atoms with Gasteiger partial charge in [0.15, 0.2) is 11.0 Å². The maximum absolute atomic E-state index is 12.0. The first-order chi connectivity index (χ1) is 12.4. The summed E-state index contributed by atoms with van der Waals surface area (Å²) in [7, 11) is 4.28. The minimum absolute atomic E-state index is 0.0195. The van der Waals surface area contributed by atoms with Crippen molar-refractivity contribution in [3.05, 3.63) is 41.7 Å². The topological polar surface area (TPSA) is 64.2 Å². The molecule has 0 unspecified atom stereocenters. The molecule has 0 aliphatic rings. The Morgan fingerprint density at radius 1 is 1.23 bits per heavy atom. The Morgan fingerprint density at radius 2 is 1.92 bits per heavy atom. The molecule has 142 valence electrons. The Kier molecular flexibility index (Phi) is 7.66. The van der Waals surface area contributed by atoms with Crippen molar-refractivity contribution < 1.29 is 9.69 Å². The third-order valence-electron chi connectivity index (χ3n) is 4.13. The molecule has 0 aliphatic carbocycles. The summed E-state index contributed by atoms with van der Waals surface area (Å²) in [5.74, 6) is 1.34. The highest BCUT2D eigenvalue weighted by molar-refractivity contribution is 7.99. The summed E-state index contributed by atoms with van der Waals surface area (Å²) in [6.45, 7) is 6.80. The van der Waals surface area contributed by atoms with E-state index in [2.05, 4.69) is 53.2 Å². The normalized spacial score (nSPS) is 12.6. The molecule has 0 aliphatic heterocycles. The Labute approximate surface area is 160 Å². The van der Waals surface area contributed by atoms with Gasteiger partial charge in [-0.15, -0.1) is 10.2 Å². The van der Waals surface area contributed by atoms with Gasteiger partial charge in [-0.25, -0.2) is 0 Å². The van der Waals surface area contributed by atoms with E-state index in [0.29, 0.717) is 12.3 Å². The fourth-order valence-electron chi connectivity index (χ4n) is 2.92. The van der Waals surface area contributed by atoms with E-state index in [-0.39, 0.29) is 18.0 Å². The van der Waals surface area contributed by atoms with Crippen LogP contribution in [0.5, 0.6) is 0 Å². The molecule has 1 aromatic carbocycles. The van der Waals surface area contributed by atoms with E-state index in [1.54, 1.807) is 0 Å². The number of aromatic nitrogens is 3. The van der Waals surface area contributed by atoms with Crippen LogP contribution in [0.1, 0.15) is 44.6 Å². The molecule has 0 fully saturated rings. The van der Waals surface area contributed by atoms with Crippen molar-refractivity contribution in [2.75, 3.05) is 19.8 Å². The number of hydrogen-bond donors (Lipinski definition) is 2. The summed E-state index contributed by atoms with van der Waals surface area (Å²) >= 11 is 1.44. The van der Waals surface area contributed by atoms with Gasteiger partial charge in [-0.2, -0.15) is 0 Å². The van der Waals surface area contributed by atoms with Crippen molar-refractivity contribution in [3.8, 4) is 0 Å². The quantitative estimate of drug-likeness (QED) is 0.652. The van der Waals surface area contributed by atoms with Crippen LogP contribution < -0.4 is 10.2 Å². The Morgan fingerprint density at radius 3 is 2.50 bits per heavy atom. The molecule has 0 radical (unpaired) electrons. The zero-order chi connectivity index (χ0) is 19.1. The SMILES string of the molecule is CC[C@@H](c1nnc(SCC(=O)NC(C)C)n1Cc1ccccc1)[NH+](C)C. The first kappa shape index (κ1) is 20.5. The van der Waals surface area contributed by atoms with Crippen LogP contribution >= 0.6 is 11.8 Å². The number of carbonyl (C=O) groups is 1. The van der Waals surface area contributed by atoms with E-state index >= 15 is 0 Å². The molecule has 2 aromatic rings. The number of thioether (sulfide) groups is 1. The van der Waals surface area contributed by atoms with Crippen molar-refractivity contribution in [2.45, 2.75) is 51.0 Å². The minimum Gasteiger partial charge on any atom is -0.353 e. The minimum atomic E-state index is 0.0195. The monoisotopic (exact) mass is 376 g/mol. The maximum Gasteiger partial charge on any atom is 0.230 e. The van der Waals surface area contributed by atoms with Crippen LogP contribution in [0.25, 0.3) is 0 Å². The molecule has 7 heteroatoms. The van der Waals surface area contributed by atoms with E-state index in [1.807, 2.05) is 32.0 Å². The van der Waals surface area contributed by atoms with Gasteiger partial charge in [-0.05, 0) is 19.4 Å². The molecule has 0 spiro atoms. The highest BCUT2D eigenvalue weighted by Gasteiger charge is 2.25. The van der Waals surface area contributed by atoms with Crippen molar-refractivity contribution in [1.82, 2.24) is 20.1 Å². The zero-order valence-corrected chi connectivity index (χ0v) is 17.1. The molecule has 1 atom stereocenters. The number of nitrogens with one attached hydrogen (secondary N) is 2. The fourth-order valence-corrected chi connectivity index (χ4v) is 3.68. The zero-order valence-electron chi connectivity index (χ0n) is 16.3. The summed E-state index contributed by atoms with van der Waals surface area (Å²) in [4.78, 5) is 13.3. The molecule has 0 bridgehead atoms. The van der Waals surface area contributed by atoms with Crippen LogP contribution in [-0.2, 0) is 11.3 Å². The van der Waals surface area contributed by atoms with Crippen molar-refractivity contribution in [1.29, 1.82) is 0 Å². The lowest BCUT2D eigenvalue weighted by Gasteiger charge is -2.20. The van der Waals surface area contributed by atoms with Crippen LogP contribution in [0.3, 0.4) is 0 Å². The molecule has 1 heterocycles. The second kappa shape index (κ2) is 9.73. The van der Waals surface area contributed by atoms with Crippen LogP contribution in [0.2, 0.25) is 0 Å². The molecular formula is C19H30N5OS+. The van der Waals surface area contributed by atoms with Gasteiger partial charge >= 0.3 is 0 Å². The van der Waals surface area contributed by atoms with Crippen LogP contribution in [0, 0.1) is 0 Å². The summed E-state index contributed by atoms with van der Waals surface area (Å²) < 4.78 is 2.16. The van der Waals surface area contributed by atoms with Gasteiger partial charge in [0, 0.05) is 12.5 Å². The molecule has 0 saturated carbocycles. The van der Waals surface area contributed by atoms with Gasteiger partial charge in [0.1, 0.15) is 6.04 Å². The molecule has 2 N–H and O–H groups in total. The summed E-state index contributed by atoms with van der Waals surface area (Å²) in [6.07, 6.45) is 0.980. The lowest BCUT2D eigenvalue weighted by molar-refractivity contribution is -0.893. The van der Waals surface area contributed by atoms with E-state index < -0.39 is 0 Å². The lowest BCUT2D eigenvalue weighted by Crippen LogP contribution is -3.06. The van der Waals surface area contributed by atoms with E-state index in [9.17, 15) is 4.79 Å². The molecule has 1 aromatic heterocycles. The summed E-state index contributed by atoms with van der Waals surface area (Å²) in [6, 6.07) is 10.7. The third kappa shape index (κ3) is 5.57. The van der Waals surface area contributed by atoms with Gasteiger partial charge in [0.2, 0.25) is 5.91 Å². The predicted octanol–water partition coefficient (Wildman–Crippen LogP) is 1.54. The first-order valence-corrected chi connectivity index (χ1v) is 10.1. The largest absolute Gasteiger partial charge is 0.353 e. The number of rotatable bonds is 9. The average molecular weight is 377 g/mol. The van der Waals surface area contributed by atoms with Gasteiger partial charge < -0.3 is 10.2 Å². The van der Waals surface area contributed by atoms with E-state index in [1.165, 1.54) is 22.2 Å². The number of nitrogens with zero attached hydrogens (tertiary/aromatic N) is 3. The number of hydrogen-bond acceptors (Lipinski definition) is 4. The van der Waals surface area contributed by atoms with Gasteiger partial charge in [-0.1, -0.05) is 49.0 Å². The van der Waals surface area contributed by atoms with Crippen molar-refractivity contribution in [3.63, 3.8) is 0 Å². The van der Waals surface area contributed by atoms with Crippen molar-refractivity contribution in [2.24, 2.45) is 0 Å². The third-order valence-corrected chi connectivity index (χ3v) is 5.09.